The number of nitriles is 1. The van der Waals surface area contributed by atoms with Gasteiger partial charge in [-0.25, -0.2) is 4.98 Å². The molecule has 4 heteroatoms. The first-order chi connectivity index (χ1) is 7.65. The standard InChI is InChI=1S/C12H18N4/c1-3-16(8-10(2)7-13)9-11-5-4-6-12(14)15-11/h4-6,10H,3,8-9H2,1-2H3,(H2,14,15). The van der Waals surface area contributed by atoms with Gasteiger partial charge in [-0.1, -0.05) is 13.0 Å². The van der Waals surface area contributed by atoms with Crippen molar-refractivity contribution in [2.45, 2.75) is 20.4 Å². The normalized spacial score (nSPS) is 12.4. The zero-order valence-electron chi connectivity index (χ0n) is 9.85. The molecule has 0 fully saturated rings. The Labute approximate surface area is 96.7 Å². The van der Waals surface area contributed by atoms with Gasteiger partial charge in [0.15, 0.2) is 0 Å². The predicted octanol–water partition coefficient (Wildman–Crippen LogP) is 1.65. The first kappa shape index (κ1) is 12.5. The Morgan fingerprint density at radius 1 is 1.56 bits per heavy atom. The smallest absolute Gasteiger partial charge is 0.123 e. The van der Waals surface area contributed by atoms with Crippen LogP contribution in [0.15, 0.2) is 18.2 Å². The van der Waals surface area contributed by atoms with Gasteiger partial charge in [0.2, 0.25) is 0 Å². The van der Waals surface area contributed by atoms with Crippen molar-refractivity contribution in [2.24, 2.45) is 5.92 Å². The molecule has 0 aliphatic heterocycles. The highest BCUT2D eigenvalue weighted by Gasteiger charge is 2.09. The molecule has 0 aliphatic rings. The molecular formula is C12H18N4. The molecule has 0 aliphatic carbocycles. The summed E-state index contributed by atoms with van der Waals surface area (Å²) in [5, 5.41) is 8.78. The van der Waals surface area contributed by atoms with Crippen LogP contribution in [0, 0.1) is 17.2 Å². The van der Waals surface area contributed by atoms with E-state index in [9.17, 15) is 0 Å². The fourth-order valence-corrected chi connectivity index (χ4v) is 1.55. The van der Waals surface area contributed by atoms with Crippen LogP contribution in [0.2, 0.25) is 0 Å². The van der Waals surface area contributed by atoms with Gasteiger partial charge in [-0.2, -0.15) is 5.26 Å². The molecule has 1 rings (SSSR count). The van der Waals surface area contributed by atoms with Gasteiger partial charge in [0, 0.05) is 13.1 Å². The van der Waals surface area contributed by atoms with Crippen LogP contribution >= 0.6 is 0 Å². The number of nitrogens with two attached hydrogens (primary N) is 1. The van der Waals surface area contributed by atoms with Crippen LogP contribution in [0.1, 0.15) is 19.5 Å². The molecule has 1 heterocycles. The SMILES string of the molecule is CCN(Cc1cccc(N)n1)CC(C)C#N. The molecule has 16 heavy (non-hydrogen) atoms. The molecule has 86 valence electrons. The van der Waals surface area contributed by atoms with Gasteiger partial charge in [-0.05, 0) is 25.6 Å². The fraction of sp³-hybridized carbons (Fsp3) is 0.500. The lowest BCUT2D eigenvalue weighted by molar-refractivity contribution is 0.257. The number of hydrogen-bond acceptors (Lipinski definition) is 4. The Balaban J connectivity index is 2.60. The molecule has 0 bridgehead atoms. The van der Waals surface area contributed by atoms with Gasteiger partial charge >= 0.3 is 0 Å². The summed E-state index contributed by atoms with van der Waals surface area (Å²) in [4.78, 5) is 6.44. The Hall–Kier alpha value is -1.60. The van der Waals surface area contributed by atoms with Crippen molar-refractivity contribution in [2.75, 3.05) is 18.8 Å². The quantitative estimate of drug-likeness (QED) is 0.816. The predicted molar refractivity (Wildman–Crippen MR) is 64.4 cm³/mol. The summed E-state index contributed by atoms with van der Waals surface area (Å²) >= 11 is 0. The second-order valence-electron chi connectivity index (χ2n) is 3.91. The van der Waals surface area contributed by atoms with Crippen molar-refractivity contribution >= 4 is 5.82 Å². The summed E-state index contributed by atoms with van der Waals surface area (Å²) in [7, 11) is 0. The van der Waals surface area contributed by atoms with Gasteiger partial charge in [-0.3, -0.25) is 4.90 Å². The van der Waals surface area contributed by atoms with E-state index in [4.69, 9.17) is 11.0 Å². The second-order valence-corrected chi connectivity index (χ2v) is 3.91. The van der Waals surface area contributed by atoms with Gasteiger partial charge in [0.25, 0.3) is 0 Å². The lowest BCUT2D eigenvalue weighted by atomic mass is 10.2. The lowest BCUT2D eigenvalue weighted by Crippen LogP contribution is -2.28. The Morgan fingerprint density at radius 2 is 2.31 bits per heavy atom. The highest BCUT2D eigenvalue weighted by Crippen LogP contribution is 2.06. The van der Waals surface area contributed by atoms with E-state index in [1.165, 1.54) is 0 Å². The second kappa shape index (κ2) is 6.09. The molecule has 1 aromatic rings. The van der Waals surface area contributed by atoms with Gasteiger partial charge < -0.3 is 5.73 Å². The summed E-state index contributed by atoms with van der Waals surface area (Å²) < 4.78 is 0. The third-order valence-electron chi connectivity index (χ3n) is 2.41. The molecule has 1 aromatic heterocycles. The molecule has 1 atom stereocenters. The molecular weight excluding hydrogens is 200 g/mol. The van der Waals surface area contributed by atoms with E-state index in [1.807, 2.05) is 19.1 Å². The van der Waals surface area contributed by atoms with Crippen molar-refractivity contribution in [1.29, 1.82) is 5.26 Å². The van der Waals surface area contributed by atoms with Crippen LogP contribution in [-0.2, 0) is 6.54 Å². The minimum absolute atomic E-state index is 0.0426. The van der Waals surface area contributed by atoms with Crippen LogP contribution in [-0.4, -0.2) is 23.0 Å². The maximum atomic E-state index is 8.78. The molecule has 0 saturated heterocycles. The number of nitrogens with zero attached hydrogens (tertiary/aromatic N) is 3. The fourth-order valence-electron chi connectivity index (χ4n) is 1.55. The topological polar surface area (TPSA) is 65.9 Å². The van der Waals surface area contributed by atoms with Crippen LogP contribution in [0.3, 0.4) is 0 Å². The Morgan fingerprint density at radius 3 is 2.88 bits per heavy atom. The summed E-state index contributed by atoms with van der Waals surface area (Å²) in [5.41, 5.74) is 6.57. The molecule has 0 radical (unpaired) electrons. The van der Waals surface area contributed by atoms with E-state index in [0.717, 1.165) is 25.3 Å². The zero-order valence-corrected chi connectivity index (χ0v) is 9.85. The Bertz CT molecular complexity index is 370. The first-order valence-electron chi connectivity index (χ1n) is 5.49. The van der Waals surface area contributed by atoms with Crippen LogP contribution < -0.4 is 5.73 Å². The number of aromatic nitrogens is 1. The average molecular weight is 218 g/mol. The van der Waals surface area contributed by atoms with Gasteiger partial charge in [-0.15, -0.1) is 0 Å². The molecule has 1 unspecified atom stereocenters. The largest absolute Gasteiger partial charge is 0.384 e. The van der Waals surface area contributed by atoms with Crippen molar-refractivity contribution in [3.05, 3.63) is 23.9 Å². The lowest BCUT2D eigenvalue weighted by Gasteiger charge is -2.20. The summed E-state index contributed by atoms with van der Waals surface area (Å²) in [6.45, 7) is 6.42. The van der Waals surface area contributed by atoms with Crippen molar-refractivity contribution in [1.82, 2.24) is 9.88 Å². The van der Waals surface area contributed by atoms with E-state index in [1.54, 1.807) is 6.07 Å². The Kier molecular flexibility index (Phi) is 4.74. The number of hydrogen-bond donors (Lipinski definition) is 1. The molecule has 0 aromatic carbocycles. The van der Waals surface area contributed by atoms with Crippen molar-refractivity contribution in [3.8, 4) is 6.07 Å². The first-order valence-corrected chi connectivity index (χ1v) is 5.49. The summed E-state index contributed by atoms with van der Waals surface area (Å²) in [6, 6.07) is 7.87. The summed E-state index contributed by atoms with van der Waals surface area (Å²) in [6.07, 6.45) is 0. The highest BCUT2D eigenvalue weighted by atomic mass is 15.1. The molecule has 0 amide bonds. The van der Waals surface area contributed by atoms with Crippen LogP contribution in [0.5, 0.6) is 0 Å². The average Bonchev–Trinajstić information content (AvgIpc) is 2.28. The van der Waals surface area contributed by atoms with Crippen molar-refractivity contribution in [3.63, 3.8) is 0 Å². The minimum atomic E-state index is 0.0426. The van der Waals surface area contributed by atoms with Gasteiger partial charge in [0.1, 0.15) is 5.82 Å². The number of rotatable bonds is 5. The van der Waals surface area contributed by atoms with E-state index in [2.05, 4.69) is 22.9 Å². The number of pyridine rings is 1. The van der Waals surface area contributed by atoms with Crippen LogP contribution in [0.25, 0.3) is 0 Å². The third kappa shape index (κ3) is 3.87. The van der Waals surface area contributed by atoms with Crippen LogP contribution in [0.4, 0.5) is 5.82 Å². The summed E-state index contributed by atoms with van der Waals surface area (Å²) in [5.74, 6) is 0.586. The monoisotopic (exact) mass is 218 g/mol. The number of anilines is 1. The third-order valence-corrected chi connectivity index (χ3v) is 2.41. The van der Waals surface area contributed by atoms with E-state index in [0.29, 0.717) is 5.82 Å². The van der Waals surface area contributed by atoms with Crippen molar-refractivity contribution < 1.29 is 0 Å². The molecule has 4 nitrogen and oxygen atoms in total. The zero-order chi connectivity index (χ0) is 12.0. The maximum Gasteiger partial charge on any atom is 0.123 e. The van der Waals surface area contributed by atoms with E-state index < -0.39 is 0 Å². The molecule has 2 N–H and O–H groups in total. The maximum absolute atomic E-state index is 8.78. The molecule has 0 spiro atoms. The minimum Gasteiger partial charge on any atom is -0.384 e. The van der Waals surface area contributed by atoms with E-state index in [-0.39, 0.29) is 5.92 Å². The molecule has 0 saturated carbocycles. The number of nitrogen functional groups attached to an aromatic ring is 1. The van der Waals surface area contributed by atoms with Gasteiger partial charge in [0.05, 0.1) is 17.7 Å². The highest BCUT2D eigenvalue weighted by molar-refractivity contribution is 5.28. The van der Waals surface area contributed by atoms with E-state index >= 15 is 0 Å².